The van der Waals surface area contributed by atoms with Crippen LogP contribution in [-0.4, -0.2) is 44.6 Å². The number of halogens is 1. The van der Waals surface area contributed by atoms with Crippen LogP contribution in [0.5, 0.6) is 5.75 Å². The summed E-state index contributed by atoms with van der Waals surface area (Å²) in [6.45, 7) is 1.05. The Morgan fingerprint density at radius 3 is 2.50 bits per heavy atom. The van der Waals surface area contributed by atoms with Gasteiger partial charge in [-0.25, -0.2) is 8.42 Å². The van der Waals surface area contributed by atoms with Gasteiger partial charge in [-0.1, -0.05) is 30.2 Å². The summed E-state index contributed by atoms with van der Waals surface area (Å²) in [6.07, 6.45) is 2.78. The van der Waals surface area contributed by atoms with Crippen LogP contribution in [0.2, 0.25) is 5.02 Å². The molecule has 2 aromatic rings. The molecule has 1 saturated heterocycles. The average molecular weight is 469 g/mol. The molecular weight excluding hydrogens is 444 g/mol. The summed E-state index contributed by atoms with van der Waals surface area (Å²) in [6, 6.07) is 12.1. The highest BCUT2D eigenvalue weighted by atomic mass is 35.5. The molecule has 1 aliphatic rings. The molecule has 162 valence electrons. The van der Waals surface area contributed by atoms with Crippen LogP contribution in [0.15, 0.2) is 47.4 Å². The minimum absolute atomic E-state index is 0.161. The van der Waals surface area contributed by atoms with E-state index in [9.17, 15) is 13.2 Å². The summed E-state index contributed by atoms with van der Waals surface area (Å²) in [4.78, 5) is 12.6. The van der Waals surface area contributed by atoms with E-state index >= 15 is 0 Å². The number of hydrogen-bond acceptors (Lipinski definition) is 5. The Morgan fingerprint density at radius 2 is 1.83 bits per heavy atom. The lowest BCUT2D eigenvalue weighted by atomic mass is 10.2. The zero-order valence-corrected chi connectivity index (χ0v) is 19.2. The van der Waals surface area contributed by atoms with Crippen molar-refractivity contribution in [3.05, 3.63) is 53.1 Å². The lowest BCUT2D eigenvalue weighted by Crippen LogP contribution is -2.35. The fourth-order valence-corrected chi connectivity index (χ4v) is 5.69. The lowest BCUT2D eigenvalue weighted by Gasteiger charge is -2.26. The summed E-state index contributed by atoms with van der Waals surface area (Å²) in [5.41, 5.74) is 1.43. The second-order valence-corrected chi connectivity index (χ2v) is 10.4. The summed E-state index contributed by atoms with van der Waals surface area (Å²) in [5.74, 6) is 1.10. The Kier molecular flexibility index (Phi) is 8.05. The van der Waals surface area contributed by atoms with Gasteiger partial charge in [-0.15, -0.1) is 11.8 Å². The first-order chi connectivity index (χ1) is 14.4. The number of thioether (sulfide) groups is 1. The van der Waals surface area contributed by atoms with E-state index in [4.69, 9.17) is 16.3 Å². The molecule has 2 aromatic carbocycles. The van der Waals surface area contributed by atoms with Gasteiger partial charge in [0.15, 0.2) is 0 Å². The molecule has 1 aliphatic heterocycles. The van der Waals surface area contributed by atoms with Crippen molar-refractivity contribution >= 4 is 45.0 Å². The van der Waals surface area contributed by atoms with E-state index < -0.39 is 10.0 Å². The number of piperidine rings is 1. The van der Waals surface area contributed by atoms with Crippen molar-refractivity contribution in [2.75, 3.05) is 31.3 Å². The first kappa shape index (κ1) is 22.9. The van der Waals surface area contributed by atoms with Gasteiger partial charge in [-0.3, -0.25) is 4.79 Å². The summed E-state index contributed by atoms with van der Waals surface area (Å²) in [5, 5.41) is 3.46. The Hall–Kier alpha value is -1.74. The molecule has 3 rings (SSSR count). The highest BCUT2D eigenvalue weighted by Crippen LogP contribution is 2.30. The first-order valence-electron chi connectivity index (χ1n) is 9.70. The zero-order valence-electron chi connectivity index (χ0n) is 16.8. The van der Waals surface area contributed by atoms with Crippen molar-refractivity contribution in [3.63, 3.8) is 0 Å². The molecule has 1 fully saturated rings. The molecule has 0 spiro atoms. The number of ether oxygens (including phenoxy) is 1. The van der Waals surface area contributed by atoms with Gasteiger partial charge >= 0.3 is 0 Å². The van der Waals surface area contributed by atoms with Gasteiger partial charge < -0.3 is 10.1 Å². The van der Waals surface area contributed by atoms with E-state index in [1.165, 1.54) is 35.3 Å². The Balaban J connectivity index is 1.65. The number of anilines is 1. The van der Waals surface area contributed by atoms with Gasteiger partial charge in [0, 0.05) is 23.9 Å². The van der Waals surface area contributed by atoms with Crippen molar-refractivity contribution in [2.45, 2.75) is 29.9 Å². The molecule has 1 N–H and O–H groups in total. The third-order valence-corrected chi connectivity index (χ3v) is 7.96. The Morgan fingerprint density at radius 1 is 1.13 bits per heavy atom. The highest BCUT2D eigenvalue weighted by Gasteiger charge is 2.27. The maximum absolute atomic E-state index is 12.9. The lowest BCUT2D eigenvalue weighted by molar-refractivity contribution is -0.113. The van der Waals surface area contributed by atoms with E-state index in [-0.39, 0.29) is 16.6 Å². The molecule has 0 unspecified atom stereocenters. The third kappa shape index (κ3) is 5.91. The summed E-state index contributed by atoms with van der Waals surface area (Å²) >= 11 is 7.34. The van der Waals surface area contributed by atoms with Crippen LogP contribution >= 0.6 is 23.4 Å². The zero-order chi connectivity index (χ0) is 21.6. The molecule has 0 aliphatic carbocycles. The van der Waals surface area contributed by atoms with E-state index in [0.29, 0.717) is 35.3 Å². The quantitative estimate of drug-likeness (QED) is 0.621. The normalized spacial score (nSPS) is 15.0. The van der Waals surface area contributed by atoms with Crippen LogP contribution in [0.25, 0.3) is 0 Å². The maximum Gasteiger partial charge on any atom is 0.243 e. The van der Waals surface area contributed by atoms with Crippen LogP contribution in [0.4, 0.5) is 5.69 Å². The minimum atomic E-state index is -3.59. The summed E-state index contributed by atoms with van der Waals surface area (Å²) in [7, 11) is -2.11. The number of carbonyl (C=O) groups excluding carboxylic acids is 1. The number of hydrogen-bond donors (Lipinski definition) is 1. The fraction of sp³-hybridized carbons (Fsp3) is 0.381. The number of sulfonamides is 1. The predicted molar refractivity (Wildman–Crippen MR) is 122 cm³/mol. The molecular formula is C21H25ClN2O4S2. The van der Waals surface area contributed by atoms with E-state index in [2.05, 4.69) is 5.32 Å². The summed E-state index contributed by atoms with van der Waals surface area (Å²) < 4.78 is 32.7. The first-order valence-corrected chi connectivity index (χ1v) is 12.7. The van der Waals surface area contributed by atoms with E-state index in [1.807, 2.05) is 24.3 Å². The van der Waals surface area contributed by atoms with Gasteiger partial charge in [-0.05, 0) is 48.7 Å². The van der Waals surface area contributed by atoms with E-state index in [0.717, 1.165) is 24.8 Å². The monoisotopic (exact) mass is 468 g/mol. The van der Waals surface area contributed by atoms with Gasteiger partial charge in [0.05, 0.1) is 23.4 Å². The number of methoxy groups -OCH3 is 1. The largest absolute Gasteiger partial charge is 0.495 e. The average Bonchev–Trinajstić information content (AvgIpc) is 2.75. The molecule has 0 atom stereocenters. The molecule has 0 saturated carbocycles. The van der Waals surface area contributed by atoms with Gasteiger partial charge in [0.25, 0.3) is 0 Å². The number of amides is 1. The van der Waals surface area contributed by atoms with Gasteiger partial charge in [0.1, 0.15) is 5.75 Å². The molecule has 1 heterocycles. The van der Waals surface area contributed by atoms with Crippen LogP contribution in [0.1, 0.15) is 24.8 Å². The number of benzene rings is 2. The van der Waals surface area contributed by atoms with Crippen LogP contribution < -0.4 is 10.1 Å². The highest BCUT2D eigenvalue weighted by molar-refractivity contribution is 7.99. The van der Waals surface area contributed by atoms with Crippen molar-refractivity contribution in [1.82, 2.24) is 4.31 Å². The number of nitrogens with zero attached hydrogens (tertiary/aromatic N) is 1. The second-order valence-electron chi connectivity index (χ2n) is 6.99. The van der Waals surface area contributed by atoms with Gasteiger partial charge in [0.2, 0.25) is 15.9 Å². The van der Waals surface area contributed by atoms with Crippen molar-refractivity contribution in [1.29, 1.82) is 0 Å². The smallest absolute Gasteiger partial charge is 0.243 e. The topological polar surface area (TPSA) is 75.7 Å². The fourth-order valence-electron chi connectivity index (χ4n) is 3.23. The van der Waals surface area contributed by atoms with Crippen LogP contribution in [0.3, 0.4) is 0 Å². The maximum atomic E-state index is 12.9. The molecule has 0 radical (unpaired) electrons. The molecule has 30 heavy (non-hydrogen) atoms. The second kappa shape index (κ2) is 10.5. The Bertz CT molecular complexity index is 975. The van der Waals surface area contributed by atoms with Crippen molar-refractivity contribution in [3.8, 4) is 5.75 Å². The van der Waals surface area contributed by atoms with Crippen LogP contribution in [0, 0.1) is 0 Å². The van der Waals surface area contributed by atoms with E-state index in [1.54, 1.807) is 6.07 Å². The molecule has 6 nitrogen and oxygen atoms in total. The number of carbonyl (C=O) groups is 1. The molecule has 1 amide bonds. The predicted octanol–water partition coefficient (Wildman–Crippen LogP) is 4.40. The van der Waals surface area contributed by atoms with Crippen LogP contribution in [-0.2, 0) is 20.6 Å². The number of nitrogens with one attached hydrogen (secondary N) is 1. The van der Waals surface area contributed by atoms with Crippen molar-refractivity contribution in [2.24, 2.45) is 0 Å². The minimum Gasteiger partial charge on any atom is -0.495 e. The standard InChI is InChI=1S/C21H25ClN2O4S2/c1-28-20-10-9-18(30(26,27)24-11-3-2-4-12-24)13-19(20)23-21(25)15-29-14-16-5-7-17(22)8-6-16/h5-10,13H,2-4,11-12,14-15H2,1H3,(H,23,25). The molecule has 9 heteroatoms. The molecule has 0 aromatic heterocycles. The van der Waals surface area contributed by atoms with Gasteiger partial charge in [-0.2, -0.15) is 4.31 Å². The SMILES string of the molecule is COc1ccc(S(=O)(=O)N2CCCCC2)cc1NC(=O)CSCc1ccc(Cl)cc1. The molecule has 0 bridgehead atoms. The Labute approximate surface area is 187 Å². The van der Waals surface area contributed by atoms with Crippen molar-refractivity contribution < 1.29 is 17.9 Å². The third-order valence-electron chi connectivity index (χ3n) is 4.81. The number of rotatable bonds is 8.